The number of aromatic nitrogens is 1. The number of aliphatic carboxylic acids is 1. The predicted molar refractivity (Wildman–Crippen MR) is 125 cm³/mol. The van der Waals surface area contributed by atoms with Crippen molar-refractivity contribution in [2.24, 2.45) is 0 Å². The Hall–Kier alpha value is -4.19. The largest absolute Gasteiger partial charge is 0.477 e. The first-order chi connectivity index (χ1) is 17.3. The van der Waals surface area contributed by atoms with Crippen molar-refractivity contribution in [2.45, 2.75) is 24.4 Å². The molecule has 1 fully saturated rings. The number of carbonyl (C=O) groups is 5. The first-order valence-corrected chi connectivity index (χ1v) is 11.8. The second kappa shape index (κ2) is 10.6. The van der Waals surface area contributed by atoms with Gasteiger partial charge < -0.3 is 19.9 Å². The van der Waals surface area contributed by atoms with Gasteiger partial charge in [-0.2, -0.15) is 0 Å². The van der Waals surface area contributed by atoms with Crippen molar-refractivity contribution in [3.05, 3.63) is 77.3 Å². The molecule has 1 aromatic carbocycles. The molecule has 4 rings (SSSR count). The number of hydrogen-bond acceptors (Lipinski definition) is 9. The maximum atomic E-state index is 13.2. The second-order valence-electron chi connectivity index (χ2n) is 7.87. The summed E-state index contributed by atoms with van der Waals surface area (Å²) in [4.78, 5) is 66.7. The van der Waals surface area contributed by atoms with Gasteiger partial charge in [-0.05, 0) is 12.1 Å². The van der Waals surface area contributed by atoms with Crippen molar-refractivity contribution in [1.29, 1.82) is 0 Å². The van der Waals surface area contributed by atoms with Gasteiger partial charge in [-0.1, -0.05) is 30.3 Å². The van der Waals surface area contributed by atoms with Gasteiger partial charge in [0.1, 0.15) is 23.7 Å². The fraction of sp³-hybridized carbons (Fsp3) is 0.250. The molecule has 186 valence electrons. The van der Waals surface area contributed by atoms with Gasteiger partial charge in [-0.3, -0.25) is 24.3 Å². The first kappa shape index (κ1) is 24.9. The van der Waals surface area contributed by atoms with E-state index in [1.165, 1.54) is 37.1 Å². The number of carboxylic acids is 1. The van der Waals surface area contributed by atoms with Gasteiger partial charge in [0.2, 0.25) is 6.10 Å². The molecule has 36 heavy (non-hydrogen) atoms. The van der Waals surface area contributed by atoms with Gasteiger partial charge in [0.15, 0.2) is 0 Å². The van der Waals surface area contributed by atoms with E-state index in [0.717, 1.165) is 4.90 Å². The lowest BCUT2D eigenvalue weighted by Crippen LogP contribution is -2.71. The molecule has 11 nitrogen and oxygen atoms in total. The van der Waals surface area contributed by atoms with Gasteiger partial charge in [0.25, 0.3) is 11.8 Å². The smallest absolute Gasteiger partial charge is 0.352 e. The Morgan fingerprint density at radius 2 is 1.94 bits per heavy atom. The van der Waals surface area contributed by atoms with Gasteiger partial charge >= 0.3 is 17.9 Å². The van der Waals surface area contributed by atoms with E-state index in [2.05, 4.69) is 10.3 Å². The number of thioether (sulfide) groups is 1. The van der Waals surface area contributed by atoms with Crippen LogP contribution < -0.4 is 5.32 Å². The Kier molecular flexibility index (Phi) is 7.34. The number of fused-ring (bicyclic) bond motifs is 1. The molecule has 2 aliphatic heterocycles. The van der Waals surface area contributed by atoms with Crippen LogP contribution in [0.15, 0.2) is 66.1 Å². The summed E-state index contributed by atoms with van der Waals surface area (Å²) in [6.45, 7) is 0.947. The average Bonchev–Trinajstić information content (AvgIpc) is 2.89. The van der Waals surface area contributed by atoms with Crippen LogP contribution in [0.25, 0.3) is 0 Å². The van der Waals surface area contributed by atoms with Crippen LogP contribution in [-0.4, -0.2) is 68.5 Å². The van der Waals surface area contributed by atoms with E-state index in [9.17, 15) is 29.1 Å². The summed E-state index contributed by atoms with van der Waals surface area (Å²) in [5.74, 6) is -3.87. The Morgan fingerprint density at radius 3 is 2.58 bits per heavy atom. The van der Waals surface area contributed by atoms with Crippen LogP contribution in [0.4, 0.5) is 0 Å². The number of rotatable bonds is 8. The minimum atomic E-state index is -1.36. The van der Waals surface area contributed by atoms with E-state index < -0.39 is 47.2 Å². The van der Waals surface area contributed by atoms with Gasteiger partial charge in [0.05, 0.1) is 5.56 Å². The Labute approximate surface area is 209 Å². The fourth-order valence-corrected chi connectivity index (χ4v) is 5.10. The number of amides is 2. The lowest BCUT2D eigenvalue weighted by Gasteiger charge is -2.49. The standard InChI is InChI=1S/C24H21N3O8S/c1-13(28)34-11-16-12-36-22-17(21(30)27(22)18(16)23(31)32)26-20(29)19(14-6-3-2-4-7-14)35-24(33)15-8-5-9-25-10-15/h2-10,17,19,22H,11-12H2,1H3,(H,26,29)(H,31,32)/t17-,19?,22-/m1/s1. The van der Waals surface area contributed by atoms with Crippen LogP contribution in [0.5, 0.6) is 0 Å². The zero-order valence-corrected chi connectivity index (χ0v) is 19.8. The highest BCUT2D eigenvalue weighted by Gasteiger charge is 2.54. The number of carboxylic acid groups (broad SMARTS) is 1. The molecule has 3 atom stereocenters. The summed E-state index contributed by atoms with van der Waals surface area (Å²) in [7, 11) is 0. The van der Waals surface area contributed by atoms with E-state index in [1.54, 1.807) is 36.4 Å². The normalized spacial score (nSPS) is 19.5. The zero-order chi connectivity index (χ0) is 25.8. The van der Waals surface area contributed by atoms with E-state index in [4.69, 9.17) is 9.47 Å². The van der Waals surface area contributed by atoms with Gasteiger partial charge in [0, 0.05) is 36.2 Å². The molecule has 0 radical (unpaired) electrons. The lowest BCUT2D eigenvalue weighted by molar-refractivity contribution is -0.152. The average molecular weight is 512 g/mol. The van der Waals surface area contributed by atoms with Crippen LogP contribution in [0.2, 0.25) is 0 Å². The molecule has 2 aliphatic rings. The summed E-state index contributed by atoms with van der Waals surface area (Å²) >= 11 is 1.23. The van der Waals surface area contributed by atoms with Crippen LogP contribution in [-0.2, 0) is 28.7 Å². The fourth-order valence-electron chi connectivity index (χ4n) is 3.77. The maximum Gasteiger partial charge on any atom is 0.352 e. The van der Waals surface area contributed by atoms with Crippen molar-refractivity contribution in [2.75, 3.05) is 12.4 Å². The minimum absolute atomic E-state index is 0.150. The SMILES string of the molecule is CC(=O)OCC1=C(C(=O)O)N2C(=O)[C@@H](NC(=O)C(OC(=O)c3cccnc3)c3ccccc3)[C@H]2SC1. The summed E-state index contributed by atoms with van der Waals surface area (Å²) in [5, 5.41) is 11.6. The lowest BCUT2D eigenvalue weighted by atomic mass is 10.0. The molecule has 0 bridgehead atoms. The molecule has 3 heterocycles. The summed E-state index contributed by atoms with van der Waals surface area (Å²) in [5.41, 5.74) is 0.557. The Bertz CT molecular complexity index is 1230. The number of carbonyl (C=O) groups excluding carboxylic acids is 4. The number of pyridine rings is 1. The topological polar surface area (TPSA) is 152 Å². The van der Waals surface area contributed by atoms with Crippen LogP contribution in [0.1, 0.15) is 28.9 Å². The van der Waals surface area contributed by atoms with E-state index in [-0.39, 0.29) is 29.2 Å². The predicted octanol–water partition coefficient (Wildman–Crippen LogP) is 1.28. The van der Waals surface area contributed by atoms with Crippen molar-refractivity contribution < 1.29 is 38.6 Å². The van der Waals surface area contributed by atoms with E-state index in [1.807, 2.05) is 0 Å². The van der Waals surface area contributed by atoms with Crippen molar-refractivity contribution in [3.8, 4) is 0 Å². The highest BCUT2D eigenvalue weighted by molar-refractivity contribution is 8.00. The number of benzene rings is 1. The number of ether oxygens (including phenoxy) is 2. The molecule has 0 aliphatic carbocycles. The molecule has 2 aromatic rings. The number of nitrogens with one attached hydrogen (secondary N) is 1. The molecule has 0 spiro atoms. The van der Waals surface area contributed by atoms with Gasteiger partial charge in [-0.15, -0.1) is 11.8 Å². The number of nitrogens with zero attached hydrogens (tertiary/aromatic N) is 2. The third kappa shape index (κ3) is 5.08. The van der Waals surface area contributed by atoms with Crippen molar-refractivity contribution in [3.63, 3.8) is 0 Å². The molecular formula is C24H21N3O8S. The summed E-state index contributed by atoms with van der Waals surface area (Å²) in [6.07, 6.45) is 1.44. The Morgan fingerprint density at radius 1 is 1.19 bits per heavy atom. The van der Waals surface area contributed by atoms with Crippen LogP contribution in [0, 0.1) is 0 Å². The zero-order valence-electron chi connectivity index (χ0n) is 19.0. The molecular weight excluding hydrogens is 490 g/mol. The highest BCUT2D eigenvalue weighted by atomic mass is 32.2. The minimum Gasteiger partial charge on any atom is -0.477 e. The summed E-state index contributed by atoms with van der Waals surface area (Å²) < 4.78 is 10.4. The molecule has 0 saturated carbocycles. The summed E-state index contributed by atoms with van der Waals surface area (Å²) in [6, 6.07) is 10.3. The quantitative estimate of drug-likeness (QED) is 0.392. The molecule has 2 N–H and O–H groups in total. The van der Waals surface area contributed by atoms with Crippen LogP contribution in [0.3, 0.4) is 0 Å². The molecule has 1 unspecified atom stereocenters. The molecule has 2 amide bonds. The molecule has 1 aromatic heterocycles. The molecule has 1 saturated heterocycles. The highest BCUT2D eigenvalue weighted by Crippen LogP contribution is 2.40. The number of β-lactam (4-membered cyclic amide) rings is 1. The monoisotopic (exact) mass is 511 g/mol. The van der Waals surface area contributed by atoms with Crippen LogP contribution >= 0.6 is 11.8 Å². The number of esters is 2. The number of hydrogen-bond donors (Lipinski definition) is 2. The van der Waals surface area contributed by atoms with Crippen molar-refractivity contribution in [1.82, 2.24) is 15.2 Å². The Balaban J connectivity index is 1.52. The van der Waals surface area contributed by atoms with E-state index >= 15 is 0 Å². The second-order valence-corrected chi connectivity index (χ2v) is 8.98. The van der Waals surface area contributed by atoms with E-state index in [0.29, 0.717) is 5.56 Å². The first-order valence-electron chi connectivity index (χ1n) is 10.8. The van der Waals surface area contributed by atoms with Gasteiger partial charge in [-0.25, -0.2) is 9.59 Å². The van der Waals surface area contributed by atoms with Crippen molar-refractivity contribution >= 4 is 41.5 Å². The third-order valence-electron chi connectivity index (χ3n) is 5.46. The molecule has 12 heteroatoms. The third-order valence-corrected chi connectivity index (χ3v) is 6.80. The maximum absolute atomic E-state index is 13.2.